The van der Waals surface area contributed by atoms with E-state index < -0.39 is 0 Å². The molecule has 1 fully saturated rings. The first-order chi connectivity index (χ1) is 9.29. The maximum atomic E-state index is 5.96. The summed E-state index contributed by atoms with van der Waals surface area (Å²) in [6, 6.07) is 0.546. The largest absolute Gasteiger partial charge is 0.381 e. The van der Waals surface area contributed by atoms with Crippen LogP contribution in [0.4, 0.5) is 5.82 Å². The summed E-state index contributed by atoms with van der Waals surface area (Å²) in [6.45, 7) is 14.2. The average molecular weight is 281 g/mol. The quantitative estimate of drug-likeness (QED) is 0.903. The van der Waals surface area contributed by atoms with Crippen molar-refractivity contribution in [1.29, 1.82) is 0 Å². The monoisotopic (exact) mass is 281 g/mol. The van der Waals surface area contributed by atoms with Crippen molar-refractivity contribution >= 4 is 5.82 Å². The molecule has 1 aliphatic rings. The van der Waals surface area contributed by atoms with Crippen molar-refractivity contribution in [2.75, 3.05) is 25.4 Å². The second-order valence-electron chi connectivity index (χ2n) is 6.84. The van der Waals surface area contributed by atoms with Gasteiger partial charge in [0.05, 0.1) is 24.9 Å². The summed E-state index contributed by atoms with van der Waals surface area (Å²) in [5.41, 5.74) is 6.88. The van der Waals surface area contributed by atoms with E-state index in [-0.39, 0.29) is 11.5 Å². The van der Waals surface area contributed by atoms with Gasteiger partial charge in [-0.05, 0) is 13.8 Å². The number of ether oxygens (including phenoxy) is 1. The fourth-order valence-corrected chi connectivity index (χ4v) is 2.74. The van der Waals surface area contributed by atoms with Crippen molar-refractivity contribution in [3.05, 3.63) is 5.69 Å². The molecule has 0 spiro atoms. The number of morpholine rings is 1. The van der Waals surface area contributed by atoms with E-state index >= 15 is 0 Å². The number of rotatable bonds is 3. The minimum atomic E-state index is -0.0695. The van der Waals surface area contributed by atoms with Gasteiger partial charge in [-0.15, -0.1) is 5.10 Å². The normalized spacial score (nSPS) is 21.6. The van der Waals surface area contributed by atoms with E-state index in [2.05, 4.69) is 49.8 Å². The second kappa shape index (κ2) is 5.69. The molecule has 2 rings (SSSR count). The van der Waals surface area contributed by atoms with Gasteiger partial charge in [-0.3, -0.25) is 4.90 Å². The van der Waals surface area contributed by atoms with Crippen molar-refractivity contribution in [2.45, 2.75) is 58.7 Å². The summed E-state index contributed by atoms with van der Waals surface area (Å²) >= 11 is 0. The first-order valence-corrected chi connectivity index (χ1v) is 7.34. The summed E-state index contributed by atoms with van der Waals surface area (Å²) in [7, 11) is 0. The van der Waals surface area contributed by atoms with Gasteiger partial charge in [-0.25, -0.2) is 4.68 Å². The third-order valence-electron chi connectivity index (χ3n) is 3.75. The molecule has 114 valence electrons. The van der Waals surface area contributed by atoms with Crippen LogP contribution in [0.2, 0.25) is 0 Å². The number of anilines is 1. The number of nitrogen functional groups attached to an aromatic ring is 1. The molecule has 2 heterocycles. The number of hydrogen-bond donors (Lipinski definition) is 1. The lowest BCUT2D eigenvalue weighted by atomic mass is 9.92. The number of aromatic nitrogens is 3. The van der Waals surface area contributed by atoms with Gasteiger partial charge in [-0.1, -0.05) is 26.0 Å². The van der Waals surface area contributed by atoms with Gasteiger partial charge in [0.15, 0.2) is 5.82 Å². The Kier molecular flexibility index (Phi) is 4.34. The average Bonchev–Trinajstić information content (AvgIpc) is 2.70. The fourth-order valence-electron chi connectivity index (χ4n) is 2.74. The summed E-state index contributed by atoms with van der Waals surface area (Å²) in [5.74, 6) is 0.522. The molecule has 6 nitrogen and oxygen atoms in total. The van der Waals surface area contributed by atoms with Crippen molar-refractivity contribution in [1.82, 2.24) is 19.9 Å². The van der Waals surface area contributed by atoms with Gasteiger partial charge >= 0.3 is 0 Å². The maximum absolute atomic E-state index is 5.96. The van der Waals surface area contributed by atoms with Crippen molar-refractivity contribution < 1.29 is 4.74 Å². The van der Waals surface area contributed by atoms with Crippen LogP contribution in [0.1, 0.15) is 40.3 Å². The molecule has 1 aromatic heterocycles. The van der Waals surface area contributed by atoms with Crippen molar-refractivity contribution in [2.24, 2.45) is 0 Å². The minimum Gasteiger partial charge on any atom is -0.381 e. The molecule has 1 saturated heterocycles. The molecule has 0 radical (unpaired) electrons. The Bertz CT molecular complexity index is 449. The molecule has 20 heavy (non-hydrogen) atoms. The van der Waals surface area contributed by atoms with E-state index in [1.807, 2.05) is 4.68 Å². The molecule has 0 saturated carbocycles. The van der Waals surface area contributed by atoms with Crippen LogP contribution < -0.4 is 5.73 Å². The van der Waals surface area contributed by atoms with Crippen molar-refractivity contribution in [3.63, 3.8) is 0 Å². The molecule has 0 aliphatic carbocycles. The predicted octanol–water partition coefficient (Wildman–Crippen LogP) is 1.27. The highest BCUT2D eigenvalue weighted by molar-refractivity contribution is 5.37. The highest BCUT2D eigenvalue weighted by Gasteiger charge is 2.28. The molecule has 6 heteroatoms. The third kappa shape index (κ3) is 3.30. The molecular formula is C14H27N5O. The van der Waals surface area contributed by atoms with Crippen LogP contribution in [0.15, 0.2) is 0 Å². The van der Waals surface area contributed by atoms with Crippen LogP contribution in [0.3, 0.4) is 0 Å². The van der Waals surface area contributed by atoms with Gasteiger partial charge in [-0.2, -0.15) is 0 Å². The van der Waals surface area contributed by atoms with Gasteiger partial charge in [0.2, 0.25) is 0 Å². The first kappa shape index (κ1) is 15.3. The Labute approximate surface area is 121 Å². The molecule has 0 bridgehead atoms. The highest BCUT2D eigenvalue weighted by Crippen LogP contribution is 2.26. The van der Waals surface area contributed by atoms with Crippen LogP contribution in [0, 0.1) is 0 Å². The maximum Gasteiger partial charge on any atom is 0.169 e. The number of nitrogens with two attached hydrogens (primary N) is 1. The van der Waals surface area contributed by atoms with E-state index in [1.54, 1.807) is 0 Å². The first-order valence-electron chi connectivity index (χ1n) is 7.34. The van der Waals surface area contributed by atoms with Crippen LogP contribution >= 0.6 is 0 Å². The molecular weight excluding hydrogens is 254 g/mol. The smallest absolute Gasteiger partial charge is 0.169 e. The van der Waals surface area contributed by atoms with Gasteiger partial charge in [0, 0.05) is 24.5 Å². The molecule has 1 unspecified atom stereocenters. The van der Waals surface area contributed by atoms with Crippen LogP contribution in [0.5, 0.6) is 0 Å². The molecule has 2 N–H and O–H groups in total. The summed E-state index contributed by atoms with van der Waals surface area (Å²) in [4.78, 5) is 2.44. The Morgan fingerprint density at radius 3 is 2.70 bits per heavy atom. The topological polar surface area (TPSA) is 69.2 Å². The van der Waals surface area contributed by atoms with E-state index in [4.69, 9.17) is 10.5 Å². The number of nitrogens with zero attached hydrogens (tertiary/aromatic N) is 4. The Morgan fingerprint density at radius 1 is 1.40 bits per heavy atom. The molecule has 0 aromatic carbocycles. The van der Waals surface area contributed by atoms with Crippen LogP contribution in [-0.2, 0) is 16.7 Å². The van der Waals surface area contributed by atoms with Crippen LogP contribution in [-0.4, -0.2) is 51.7 Å². The second-order valence-corrected chi connectivity index (χ2v) is 6.84. The van der Waals surface area contributed by atoms with Gasteiger partial charge in [0.25, 0.3) is 0 Å². The lowest BCUT2D eigenvalue weighted by Crippen LogP contribution is -2.47. The zero-order valence-corrected chi connectivity index (χ0v) is 13.3. The SMILES string of the molecule is CC(C)N1CCOC(Cn2nnc(N)c2C(C)(C)C)C1. The lowest BCUT2D eigenvalue weighted by molar-refractivity contribution is -0.0476. The summed E-state index contributed by atoms with van der Waals surface area (Å²) in [5, 5.41) is 8.21. The van der Waals surface area contributed by atoms with Gasteiger partial charge in [0.1, 0.15) is 0 Å². The van der Waals surface area contributed by atoms with E-state index in [9.17, 15) is 0 Å². The Hall–Kier alpha value is -1.14. The summed E-state index contributed by atoms with van der Waals surface area (Å²) in [6.07, 6.45) is 0.147. The molecule has 1 atom stereocenters. The molecule has 1 aromatic rings. The highest BCUT2D eigenvalue weighted by atomic mass is 16.5. The molecule has 0 amide bonds. The summed E-state index contributed by atoms with van der Waals surface area (Å²) < 4.78 is 7.77. The Morgan fingerprint density at radius 2 is 2.10 bits per heavy atom. The zero-order valence-electron chi connectivity index (χ0n) is 13.3. The fraction of sp³-hybridized carbons (Fsp3) is 0.857. The Balaban J connectivity index is 2.11. The van der Waals surface area contributed by atoms with E-state index in [0.29, 0.717) is 18.4 Å². The van der Waals surface area contributed by atoms with Crippen molar-refractivity contribution in [3.8, 4) is 0 Å². The third-order valence-corrected chi connectivity index (χ3v) is 3.75. The molecule has 1 aliphatic heterocycles. The minimum absolute atomic E-state index is 0.0695. The van der Waals surface area contributed by atoms with E-state index in [1.165, 1.54) is 0 Å². The zero-order chi connectivity index (χ0) is 14.9. The lowest BCUT2D eigenvalue weighted by Gasteiger charge is -2.35. The van der Waals surface area contributed by atoms with Gasteiger partial charge < -0.3 is 10.5 Å². The predicted molar refractivity (Wildman–Crippen MR) is 79.6 cm³/mol. The van der Waals surface area contributed by atoms with E-state index in [0.717, 1.165) is 25.4 Å². The number of hydrogen-bond acceptors (Lipinski definition) is 5. The van der Waals surface area contributed by atoms with Crippen LogP contribution in [0.25, 0.3) is 0 Å². The standard InChI is InChI=1S/C14H27N5O/c1-10(2)18-6-7-20-11(8-18)9-19-12(14(3,4)5)13(15)16-17-19/h10-11H,6-9,15H2,1-5H3.